The van der Waals surface area contributed by atoms with Crippen molar-refractivity contribution < 1.29 is 9.50 Å². The largest absolute Gasteiger partial charge is 0.390 e. The summed E-state index contributed by atoms with van der Waals surface area (Å²) in [5, 5.41) is 18.1. The van der Waals surface area contributed by atoms with Gasteiger partial charge in [0, 0.05) is 18.7 Å². The first-order valence-corrected chi connectivity index (χ1v) is 10.2. The van der Waals surface area contributed by atoms with Crippen molar-refractivity contribution in [1.82, 2.24) is 24.7 Å². The fraction of sp³-hybridized carbons (Fsp3) is 0.250. The van der Waals surface area contributed by atoms with Crippen LogP contribution in [0.4, 0.5) is 4.39 Å². The molecule has 4 rings (SSSR count). The molecule has 3 aromatic heterocycles. The Labute approximate surface area is 180 Å². The van der Waals surface area contributed by atoms with E-state index in [2.05, 4.69) is 44.4 Å². The molecule has 0 unspecified atom stereocenters. The van der Waals surface area contributed by atoms with Crippen LogP contribution in [0.5, 0.6) is 0 Å². The van der Waals surface area contributed by atoms with E-state index in [0.717, 1.165) is 11.3 Å². The molecule has 0 aliphatic heterocycles. The minimum absolute atomic E-state index is 0.118. The number of hydrogen-bond acceptors (Lipinski definition) is 5. The van der Waals surface area contributed by atoms with Crippen molar-refractivity contribution in [3.8, 4) is 17.1 Å². The van der Waals surface area contributed by atoms with Crippen molar-refractivity contribution in [2.45, 2.75) is 39.7 Å². The third kappa shape index (κ3) is 4.51. The lowest BCUT2D eigenvalue weighted by Gasteiger charge is -2.13. The highest BCUT2D eigenvalue weighted by Crippen LogP contribution is 2.24. The minimum atomic E-state index is -0.411. The molecule has 0 fully saturated rings. The third-order valence-corrected chi connectivity index (χ3v) is 5.32. The third-order valence-electron chi connectivity index (χ3n) is 5.32. The summed E-state index contributed by atoms with van der Waals surface area (Å²) in [7, 11) is 0. The van der Waals surface area contributed by atoms with Gasteiger partial charge in [0.2, 0.25) is 0 Å². The molecule has 0 aliphatic carbocycles. The Kier molecular flexibility index (Phi) is 5.86. The first-order valence-electron chi connectivity index (χ1n) is 10.2. The van der Waals surface area contributed by atoms with E-state index in [1.54, 1.807) is 17.0 Å². The number of aliphatic hydroxyl groups excluding tert-OH is 1. The van der Waals surface area contributed by atoms with Crippen LogP contribution >= 0.6 is 0 Å². The van der Waals surface area contributed by atoms with Gasteiger partial charge in [-0.05, 0) is 37.5 Å². The summed E-state index contributed by atoms with van der Waals surface area (Å²) in [4.78, 5) is 8.67. The zero-order valence-corrected chi connectivity index (χ0v) is 17.7. The fourth-order valence-corrected chi connectivity index (χ4v) is 3.50. The second-order valence-electron chi connectivity index (χ2n) is 7.78. The van der Waals surface area contributed by atoms with Crippen molar-refractivity contribution in [1.29, 1.82) is 0 Å². The van der Waals surface area contributed by atoms with Crippen LogP contribution in [0.2, 0.25) is 0 Å². The molecule has 3 heterocycles. The summed E-state index contributed by atoms with van der Waals surface area (Å²) in [6.07, 6.45) is 3.96. The average Bonchev–Trinajstić information content (AvgIpc) is 3.21. The molecular formula is C24H24FN5O. The van der Waals surface area contributed by atoms with E-state index in [9.17, 15) is 9.50 Å². The van der Waals surface area contributed by atoms with E-state index in [4.69, 9.17) is 0 Å². The van der Waals surface area contributed by atoms with Gasteiger partial charge in [-0.15, -0.1) is 5.10 Å². The molecule has 1 aromatic carbocycles. The van der Waals surface area contributed by atoms with Gasteiger partial charge in [0.1, 0.15) is 11.5 Å². The molecule has 1 atom stereocenters. The lowest BCUT2D eigenvalue weighted by Crippen LogP contribution is -2.07. The van der Waals surface area contributed by atoms with E-state index in [0.29, 0.717) is 34.9 Å². The maximum Gasteiger partial charge on any atom is 0.148 e. The number of aliphatic hydroxyl groups is 1. The smallest absolute Gasteiger partial charge is 0.148 e. The highest BCUT2D eigenvalue weighted by molar-refractivity contribution is 5.56. The number of nitrogens with zero attached hydrogens (tertiary/aromatic N) is 5. The Hall–Kier alpha value is -3.45. The summed E-state index contributed by atoms with van der Waals surface area (Å²) in [5.41, 5.74) is 5.45. The molecule has 0 amide bonds. The monoisotopic (exact) mass is 417 g/mol. The van der Waals surface area contributed by atoms with Gasteiger partial charge in [0.25, 0.3) is 0 Å². The van der Waals surface area contributed by atoms with Crippen molar-refractivity contribution in [3.63, 3.8) is 0 Å². The van der Waals surface area contributed by atoms with Crippen molar-refractivity contribution in [2.75, 3.05) is 0 Å². The van der Waals surface area contributed by atoms with E-state index in [1.165, 1.54) is 11.6 Å². The molecule has 158 valence electrons. The molecular weight excluding hydrogens is 393 g/mol. The number of rotatable bonds is 6. The number of imidazole rings is 1. The molecule has 7 heteroatoms. The van der Waals surface area contributed by atoms with Gasteiger partial charge in [-0.1, -0.05) is 36.8 Å². The lowest BCUT2D eigenvalue weighted by atomic mass is 9.95. The molecule has 0 saturated carbocycles. The average molecular weight is 417 g/mol. The van der Waals surface area contributed by atoms with Gasteiger partial charge in [-0.3, -0.25) is 0 Å². The van der Waals surface area contributed by atoms with Crippen LogP contribution in [0, 0.1) is 19.7 Å². The maximum atomic E-state index is 14.8. The van der Waals surface area contributed by atoms with Gasteiger partial charge in [0.05, 0.1) is 41.4 Å². The van der Waals surface area contributed by atoms with Gasteiger partial charge < -0.3 is 9.67 Å². The number of hydrogen-bond donors (Lipinski definition) is 1. The molecule has 31 heavy (non-hydrogen) atoms. The van der Waals surface area contributed by atoms with Crippen LogP contribution in [0.1, 0.15) is 41.1 Å². The normalized spacial score (nSPS) is 12.2. The van der Waals surface area contributed by atoms with Crippen LogP contribution in [-0.4, -0.2) is 29.8 Å². The van der Waals surface area contributed by atoms with Crippen molar-refractivity contribution in [2.24, 2.45) is 0 Å². The second kappa shape index (κ2) is 8.73. The van der Waals surface area contributed by atoms with Gasteiger partial charge >= 0.3 is 0 Å². The van der Waals surface area contributed by atoms with Crippen LogP contribution in [0.3, 0.4) is 0 Å². The highest BCUT2D eigenvalue weighted by atomic mass is 19.1. The standard InChI is InChI=1S/C24H24FN5O/c1-15-4-6-18(7-5-15)16(2)10-21-19(25)11-22(29-28-21)20-8-9-24(23(13-31)27-20)30-12-17(3)26-14-30/h4-9,11-12,14,16,31H,10,13H2,1-3H3/t16-/m1/s1. The fourth-order valence-electron chi connectivity index (χ4n) is 3.50. The number of halogens is 1. The van der Waals surface area contributed by atoms with Gasteiger partial charge in [0.15, 0.2) is 0 Å². The molecule has 1 N–H and O–H groups in total. The number of pyridine rings is 1. The summed E-state index contributed by atoms with van der Waals surface area (Å²) < 4.78 is 16.6. The Bertz CT molecular complexity index is 1200. The van der Waals surface area contributed by atoms with Gasteiger partial charge in [-0.25, -0.2) is 14.4 Å². The zero-order chi connectivity index (χ0) is 22.0. The Morgan fingerprint density at radius 1 is 1.00 bits per heavy atom. The quantitative estimate of drug-likeness (QED) is 0.506. The number of aromatic nitrogens is 5. The van der Waals surface area contributed by atoms with E-state index in [1.807, 2.05) is 33.0 Å². The van der Waals surface area contributed by atoms with Crippen molar-refractivity contribution >= 4 is 0 Å². The lowest BCUT2D eigenvalue weighted by molar-refractivity contribution is 0.276. The summed E-state index contributed by atoms with van der Waals surface area (Å²) in [5.74, 6) is -0.294. The maximum absolute atomic E-state index is 14.8. The summed E-state index contributed by atoms with van der Waals surface area (Å²) in [6, 6.07) is 13.1. The molecule has 0 radical (unpaired) electrons. The topological polar surface area (TPSA) is 76.7 Å². The predicted octanol–water partition coefficient (Wildman–Crippen LogP) is 4.32. The number of aryl methyl sites for hydroxylation is 2. The van der Waals surface area contributed by atoms with Gasteiger partial charge in [-0.2, -0.15) is 5.10 Å². The Balaban J connectivity index is 1.58. The Morgan fingerprint density at radius 2 is 1.77 bits per heavy atom. The number of benzene rings is 1. The Morgan fingerprint density at radius 3 is 2.42 bits per heavy atom. The summed E-state index contributed by atoms with van der Waals surface area (Å²) in [6.45, 7) is 5.71. The van der Waals surface area contributed by atoms with Crippen LogP contribution < -0.4 is 0 Å². The van der Waals surface area contributed by atoms with Crippen LogP contribution in [0.15, 0.2) is 55.0 Å². The summed E-state index contributed by atoms with van der Waals surface area (Å²) >= 11 is 0. The predicted molar refractivity (Wildman–Crippen MR) is 116 cm³/mol. The van der Waals surface area contributed by atoms with Crippen molar-refractivity contribution in [3.05, 3.63) is 89.0 Å². The molecule has 0 bridgehead atoms. The molecule has 0 saturated heterocycles. The highest BCUT2D eigenvalue weighted by Gasteiger charge is 2.15. The first-order chi connectivity index (χ1) is 14.9. The molecule has 6 nitrogen and oxygen atoms in total. The van der Waals surface area contributed by atoms with E-state index >= 15 is 0 Å². The van der Waals surface area contributed by atoms with Crippen LogP contribution in [-0.2, 0) is 13.0 Å². The van der Waals surface area contributed by atoms with E-state index < -0.39 is 5.82 Å². The molecule has 0 aliphatic rings. The van der Waals surface area contributed by atoms with E-state index in [-0.39, 0.29) is 12.5 Å². The minimum Gasteiger partial charge on any atom is -0.390 e. The molecule has 4 aromatic rings. The zero-order valence-electron chi connectivity index (χ0n) is 17.7. The molecule has 0 spiro atoms. The second-order valence-corrected chi connectivity index (χ2v) is 7.78. The first kappa shape index (κ1) is 20.8. The SMILES string of the molecule is Cc1ccc([C@H](C)Cc2nnc(-c3ccc(-n4cnc(C)c4)c(CO)n3)cc2F)cc1. The van der Waals surface area contributed by atoms with Crippen LogP contribution in [0.25, 0.3) is 17.1 Å².